The smallest absolute Gasteiger partial charge is 0.147 e. The number of halogens is 1. The lowest BCUT2D eigenvalue weighted by Gasteiger charge is -2.19. The highest BCUT2D eigenvalue weighted by Gasteiger charge is 2.17. The molecular formula is C19H21FN2. The summed E-state index contributed by atoms with van der Waals surface area (Å²) in [5.74, 6) is -0.154. The Balaban J connectivity index is 1.88. The first-order valence-electron chi connectivity index (χ1n) is 7.80. The van der Waals surface area contributed by atoms with E-state index in [9.17, 15) is 4.39 Å². The van der Waals surface area contributed by atoms with Crippen LogP contribution in [0.25, 0.3) is 0 Å². The highest BCUT2D eigenvalue weighted by Crippen LogP contribution is 2.26. The Morgan fingerprint density at radius 1 is 1.05 bits per heavy atom. The molecule has 0 unspecified atom stereocenters. The molecule has 0 radical (unpaired) electrons. The highest BCUT2D eigenvalue weighted by molar-refractivity contribution is 5.85. The van der Waals surface area contributed by atoms with E-state index < -0.39 is 0 Å². The predicted molar refractivity (Wildman–Crippen MR) is 91.0 cm³/mol. The first-order valence-corrected chi connectivity index (χ1v) is 7.80. The van der Waals surface area contributed by atoms with Crippen molar-refractivity contribution in [1.82, 2.24) is 0 Å². The van der Waals surface area contributed by atoms with Gasteiger partial charge in [0.2, 0.25) is 0 Å². The summed E-state index contributed by atoms with van der Waals surface area (Å²) in [7, 11) is 0. The molecule has 22 heavy (non-hydrogen) atoms. The van der Waals surface area contributed by atoms with Crippen molar-refractivity contribution in [2.45, 2.75) is 26.7 Å². The molecule has 114 valence electrons. The molecule has 0 spiro atoms. The largest absolute Gasteiger partial charge is 0.369 e. The number of hydrogen-bond acceptors (Lipinski definition) is 2. The molecule has 2 nitrogen and oxygen atoms in total. The van der Waals surface area contributed by atoms with Crippen LogP contribution in [0.3, 0.4) is 0 Å². The molecule has 0 saturated carbocycles. The Morgan fingerprint density at radius 2 is 1.77 bits per heavy atom. The molecule has 0 amide bonds. The van der Waals surface area contributed by atoms with Gasteiger partial charge in [0, 0.05) is 19.3 Å². The van der Waals surface area contributed by atoms with Crippen LogP contribution in [0.15, 0.2) is 41.4 Å². The minimum atomic E-state index is -0.154. The summed E-state index contributed by atoms with van der Waals surface area (Å²) in [5.41, 5.74) is 4.66. The summed E-state index contributed by atoms with van der Waals surface area (Å²) < 4.78 is 14.4. The van der Waals surface area contributed by atoms with Crippen LogP contribution in [0.2, 0.25) is 0 Å². The molecule has 1 aliphatic heterocycles. The number of aryl methyl sites for hydroxylation is 2. The van der Waals surface area contributed by atoms with Gasteiger partial charge in [0.1, 0.15) is 5.82 Å². The topological polar surface area (TPSA) is 15.6 Å². The van der Waals surface area contributed by atoms with Gasteiger partial charge in [0.25, 0.3) is 0 Å². The molecule has 0 bridgehead atoms. The van der Waals surface area contributed by atoms with Gasteiger partial charge in [-0.05, 0) is 61.6 Å². The molecule has 0 aliphatic carbocycles. The predicted octanol–water partition coefficient (Wildman–Crippen LogP) is 4.79. The minimum absolute atomic E-state index is 0.154. The first kappa shape index (κ1) is 14.8. The van der Waals surface area contributed by atoms with Crippen molar-refractivity contribution >= 4 is 17.6 Å². The SMILES string of the molecule is Cc1cc(N2CCCC2)c(F)cc1C=Nc1ccccc1C. The molecule has 3 heteroatoms. The van der Waals surface area contributed by atoms with Crippen molar-refractivity contribution in [3.8, 4) is 0 Å². The average Bonchev–Trinajstić information content (AvgIpc) is 3.03. The lowest BCUT2D eigenvalue weighted by atomic mass is 10.1. The van der Waals surface area contributed by atoms with E-state index in [1.54, 1.807) is 12.3 Å². The summed E-state index contributed by atoms with van der Waals surface area (Å²) in [6.45, 7) is 5.94. The molecule has 2 aromatic rings. The van der Waals surface area contributed by atoms with Crippen molar-refractivity contribution < 1.29 is 4.39 Å². The molecule has 3 rings (SSSR count). The summed E-state index contributed by atoms with van der Waals surface area (Å²) >= 11 is 0. The number of anilines is 1. The fourth-order valence-corrected chi connectivity index (χ4v) is 2.87. The molecule has 0 N–H and O–H groups in total. The number of nitrogens with zero attached hydrogens (tertiary/aromatic N) is 2. The van der Waals surface area contributed by atoms with Crippen LogP contribution >= 0.6 is 0 Å². The maximum atomic E-state index is 14.4. The average molecular weight is 296 g/mol. The molecule has 1 aliphatic rings. The van der Waals surface area contributed by atoms with Crippen molar-refractivity contribution in [2.75, 3.05) is 18.0 Å². The second kappa shape index (κ2) is 6.30. The van der Waals surface area contributed by atoms with E-state index in [0.29, 0.717) is 0 Å². The standard InChI is InChI=1S/C19H21FN2/c1-14-7-3-4-8-18(14)21-13-16-12-17(20)19(11-15(16)2)22-9-5-6-10-22/h3-4,7-8,11-13H,5-6,9-10H2,1-2H3. The third-order valence-corrected chi connectivity index (χ3v) is 4.24. The molecule has 1 saturated heterocycles. The van der Waals surface area contributed by atoms with Crippen molar-refractivity contribution in [3.63, 3.8) is 0 Å². The number of benzene rings is 2. The van der Waals surface area contributed by atoms with Crippen molar-refractivity contribution in [3.05, 3.63) is 58.9 Å². The van der Waals surface area contributed by atoms with Crippen LogP contribution in [0.4, 0.5) is 15.8 Å². The maximum Gasteiger partial charge on any atom is 0.147 e. The van der Waals surface area contributed by atoms with Gasteiger partial charge >= 0.3 is 0 Å². The molecule has 2 aromatic carbocycles. The third kappa shape index (κ3) is 3.03. The summed E-state index contributed by atoms with van der Waals surface area (Å²) in [6.07, 6.45) is 4.05. The van der Waals surface area contributed by atoms with Crippen LogP contribution in [0.5, 0.6) is 0 Å². The van der Waals surface area contributed by atoms with E-state index in [4.69, 9.17) is 0 Å². The van der Waals surface area contributed by atoms with Gasteiger partial charge < -0.3 is 4.90 Å². The Hall–Kier alpha value is -2.16. The fraction of sp³-hybridized carbons (Fsp3) is 0.316. The van der Waals surface area contributed by atoms with E-state index in [-0.39, 0.29) is 5.82 Å². The van der Waals surface area contributed by atoms with Gasteiger partial charge in [-0.25, -0.2) is 4.39 Å². The number of rotatable bonds is 3. The maximum absolute atomic E-state index is 14.4. The van der Waals surface area contributed by atoms with Crippen LogP contribution in [-0.4, -0.2) is 19.3 Å². The summed E-state index contributed by atoms with van der Waals surface area (Å²) in [5, 5.41) is 0. The van der Waals surface area contributed by atoms with Gasteiger partial charge in [-0.1, -0.05) is 18.2 Å². The molecular weight excluding hydrogens is 275 g/mol. The summed E-state index contributed by atoms with van der Waals surface area (Å²) in [4.78, 5) is 6.63. The quantitative estimate of drug-likeness (QED) is 0.743. The van der Waals surface area contributed by atoms with E-state index in [0.717, 1.165) is 54.0 Å². The van der Waals surface area contributed by atoms with Crippen LogP contribution in [-0.2, 0) is 0 Å². The van der Waals surface area contributed by atoms with Crippen molar-refractivity contribution in [1.29, 1.82) is 0 Å². The number of aliphatic imine (C=N–C) groups is 1. The Kier molecular flexibility index (Phi) is 4.23. The zero-order valence-corrected chi connectivity index (χ0v) is 13.1. The lowest BCUT2D eigenvalue weighted by molar-refractivity contribution is 0.622. The van der Waals surface area contributed by atoms with Crippen LogP contribution in [0.1, 0.15) is 29.5 Å². The second-order valence-electron chi connectivity index (χ2n) is 5.90. The van der Waals surface area contributed by atoms with Crippen LogP contribution < -0.4 is 4.90 Å². The molecule has 1 fully saturated rings. The first-order chi connectivity index (χ1) is 10.6. The molecule has 1 heterocycles. The zero-order valence-electron chi connectivity index (χ0n) is 13.1. The van der Waals surface area contributed by atoms with Crippen molar-refractivity contribution in [2.24, 2.45) is 4.99 Å². The van der Waals surface area contributed by atoms with E-state index in [1.807, 2.05) is 44.2 Å². The zero-order chi connectivity index (χ0) is 15.5. The Bertz CT molecular complexity index is 701. The fourth-order valence-electron chi connectivity index (χ4n) is 2.87. The van der Waals surface area contributed by atoms with Gasteiger partial charge in [0.15, 0.2) is 0 Å². The van der Waals surface area contributed by atoms with Crippen LogP contribution in [0, 0.1) is 19.7 Å². The van der Waals surface area contributed by atoms with E-state index in [1.165, 1.54) is 0 Å². The Labute approximate surface area is 131 Å². The third-order valence-electron chi connectivity index (χ3n) is 4.24. The van der Waals surface area contributed by atoms with Gasteiger partial charge in [0.05, 0.1) is 11.4 Å². The van der Waals surface area contributed by atoms with Gasteiger partial charge in [-0.3, -0.25) is 4.99 Å². The Morgan fingerprint density at radius 3 is 2.50 bits per heavy atom. The minimum Gasteiger partial charge on any atom is -0.369 e. The lowest BCUT2D eigenvalue weighted by Crippen LogP contribution is -2.19. The summed E-state index contributed by atoms with van der Waals surface area (Å²) in [6, 6.07) is 11.5. The normalized spacial score (nSPS) is 15.0. The molecule has 0 aromatic heterocycles. The highest BCUT2D eigenvalue weighted by atomic mass is 19.1. The number of para-hydroxylation sites is 1. The van der Waals surface area contributed by atoms with E-state index >= 15 is 0 Å². The molecule has 0 atom stereocenters. The van der Waals surface area contributed by atoms with Gasteiger partial charge in [-0.15, -0.1) is 0 Å². The van der Waals surface area contributed by atoms with Gasteiger partial charge in [-0.2, -0.15) is 0 Å². The second-order valence-corrected chi connectivity index (χ2v) is 5.90. The monoisotopic (exact) mass is 296 g/mol. The number of hydrogen-bond donors (Lipinski definition) is 0. The van der Waals surface area contributed by atoms with E-state index in [2.05, 4.69) is 9.89 Å².